The second kappa shape index (κ2) is 8.99. The molecule has 1 aliphatic heterocycles. The molecule has 30 heavy (non-hydrogen) atoms. The van der Waals surface area contributed by atoms with E-state index in [1.165, 1.54) is 11.3 Å². The highest BCUT2D eigenvalue weighted by Gasteiger charge is 2.16. The molecule has 158 valence electrons. The van der Waals surface area contributed by atoms with Crippen molar-refractivity contribution in [1.82, 2.24) is 14.5 Å². The highest BCUT2D eigenvalue weighted by Crippen LogP contribution is 2.28. The molecule has 0 bridgehead atoms. The van der Waals surface area contributed by atoms with Crippen LogP contribution in [0, 0.1) is 13.8 Å². The molecule has 3 heterocycles. The summed E-state index contributed by atoms with van der Waals surface area (Å²) >= 11 is 1.44. The van der Waals surface area contributed by atoms with E-state index < -0.39 is 0 Å². The Morgan fingerprint density at radius 2 is 1.93 bits per heavy atom. The summed E-state index contributed by atoms with van der Waals surface area (Å²) in [5.41, 5.74) is 4.53. The molecule has 4 rings (SSSR count). The maximum atomic E-state index is 12.9. The van der Waals surface area contributed by atoms with E-state index in [0.29, 0.717) is 10.7 Å². The first-order valence-corrected chi connectivity index (χ1v) is 10.8. The number of carbonyl (C=O) groups excluding carboxylic acids is 1. The van der Waals surface area contributed by atoms with Gasteiger partial charge in [0, 0.05) is 42.0 Å². The first-order valence-electron chi connectivity index (χ1n) is 9.94. The van der Waals surface area contributed by atoms with Crippen molar-refractivity contribution in [2.24, 2.45) is 0 Å². The maximum absolute atomic E-state index is 12.9. The number of rotatable bonds is 6. The monoisotopic (exact) mass is 426 g/mol. The van der Waals surface area contributed by atoms with Gasteiger partial charge in [-0.05, 0) is 44.2 Å². The van der Waals surface area contributed by atoms with Gasteiger partial charge in [-0.15, -0.1) is 11.3 Å². The van der Waals surface area contributed by atoms with E-state index in [1.54, 1.807) is 13.2 Å². The fraction of sp³-hybridized carbons (Fsp3) is 0.364. The molecule has 0 atom stereocenters. The van der Waals surface area contributed by atoms with Crippen LogP contribution in [-0.2, 0) is 11.3 Å². The molecular formula is C22H26N4O3S. The quantitative estimate of drug-likeness (QED) is 0.652. The Morgan fingerprint density at radius 1 is 1.20 bits per heavy atom. The number of amides is 1. The predicted molar refractivity (Wildman–Crippen MR) is 118 cm³/mol. The number of ether oxygens (including phenoxy) is 2. The maximum Gasteiger partial charge on any atom is 0.257 e. The highest BCUT2D eigenvalue weighted by molar-refractivity contribution is 7.14. The summed E-state index contributed by atoms with van der Waals surface area (Å²) in [4.78, 5) is 19.8. The molecule has 1 saturated heterocycles. The van der Waals surface area contributed by atoms with Crippen molar-refractivity contribution in [1.29, 1.82) is 0 Å². The molecule has 8 heteroatoms. The standard InChI is InChI=1S/C22H26N4O3S/c1-15-4-5-16(2)26(15)19-12-17(6-7-20(19)28-3)21(27)24-22-23-18(14-30-22)13-25-8-10-29-11-9-25/h4-7,12,14H,8-11,13H2,1-3H3,(H,23,24,27). The van der Waals surface area contributed by atoms with E-state index in [0.717, 1.165) is 61.4 Å². The lowest BCUT2D eigenvalue weighted by Gasteiger charge is -2.25. The highest BCUT2D eigenvalue weighted by atomic mass is 32.1. The molecule has 0 saturated carbocycles. The van der Waals surface area contributed by atoms with Crippen molar-refractivity contribution in [3.05, 3.63) is 58.4 Å². The molecule has 1 aromatic carbocycles. The molecule has 0 spiro atoms. The zero-order valence-corrected chi connectivity index (χ0v) is 18.3. The van der Waals surface area contributed by atoms with Crippen LogP contribution in [0.3, 0.4) is 0 Å². The minimum absolute atomic E-state index is 0.186. The Balaban J connectivity index is 1.51. The zero-order chi connectivity index (χ0) is 21.1. The predicted octanol–water partition coefficient (Wildman–Crippen LogP) is 3.64. The normalized spacial score (nSPS) is 14.6. The van der Waals surface area contributed by atoms with E-state index in [1.807, 2.05) is 43.5 Å². The van der Waals surface area contributed by atoms with Crippen molar-refractivity contribution in [2.45, 2.75) is 20.4 Å². The van der Waals surface area contributed by atoms with Crippen molar-refractivity contribution >= 4 is 22.4 Å². The Labute approximate surface area is 180 Å². The van der Waals surface area contributed by atoms with Gasteiger partial charge in [0.1, 0.15) is 5.75 Å². The van der Waals surface area contributed by atoms with Gasteiger partial charge in [-0.1, -0.05) is 0 Å². The van der Waals surface area contributed by atoms with E-state index in [2.05, 4.69) is 19.8 Å². The van der Waals surface area contributed by atoms with Crippen LogP contribution in [-0.4, -0.2) is 53.8 Å². The Kier molecular flexibility index (Phi) is 6.17. The van der Waals surface area contributed by atoms with Gasteiger partial charge in [-0.25, -0.2) is 4.98 Å². The van der Waals surface area contributed by atoms with Gasteiger partial charge in [0.2, 0.25) is 0 Å². The largest absolute Gasteiger partial charge is 0.495 e. The third-order valence-electron chi connectivity index (χ3n) is 5.21. The van der Waals surface area contributed by atoms with Crippen LogP contribution in [0.25, 0.3) is 5.69 Å². The zero-order valence-electron chi connectivity index (χ0n) is 17.5. The van der Waals surface area contributed by atoms with E-state index in [-0.39, 0.29) is 5.91 Å². The molecule has 0 radical (unpaired) electrons. The average molecular weight is 427 g/mol. The SMILES string of the molecule is COc1ccc(C(=O)Nc2nc(CN3CCOCC3)cs2)cc1-n1c(C)ccc1C. The summed E-state index contributed by atoms with van der Waals surface area (Å²) in [6.45, 7) is 8.17. The van der Waals surface area contributed by atoms with Crippen LogP contribution >= 0.6 is 11.3 Å². The van der Waals surface area contributed by atoms with E-state index in [9.17, 15) is 4.79 Å². The number of aryl methyl sites for hydroxylation is 2. The van der Waals surface area contributed by atoms with Crippen LogP contribution in [0.5, 0.6) is 5.75 Å². The fourth-order valence-electron chi connectivity index (χ4n) is 3.65. The summed E-state index contributed by atoms with van der Waals surface area (Å²) in [6, 6.07) is 9.56. The van der Waals surface area contributed by atoms with Gasteiger partial charge < -0.3 is 14.0 Å². The summed E-state index contributed by atoms with van der Waals surface area (Å²) in [5, 5.41) is 5.53. The van der Waals surface area contributed by atoms with Gasteiger partial charge >= 0.3 is 0 Å². The van der Waals surface area contributed by atoms with Crippen LogP contribution < -0.4 is 10.1 Å². The molecule has 1 aliphatic rings. The molecule has 1 N–H and O–H groups in total. The van der Waals surface area contributed by atoms with Crippen molar-refractivity contribution in [2.75, 3.05) is 38.7 Å². The second-order valence-corrected chi connectivity index (χ2v) is 8.18. The summed E-state index contributed by atoms with van der Waals surface area (Å²) in [6.07, 6.45) is 0. The van der Waals surface area contributed by atoms with Gasteiger partial charge in [0.15, 0.2) is 5.13 Å². The lowest BCUT2D eigenvalue weighted by molar-refractivity contribution is 0.0337. The van der Waals surface area contributed by atoms with Crippen molar-refractivity contribution in [3.63, 3.8) is 0 Å². The van der Waals surface area contributed by atoms with E-state index >= 15 is 0 Å². The van der Waals surface area contributed by atoms with E-state index in [4.69, 9.17) is 9.47 Å². The molecule has 2 aromatic heterocycles. The number of hydrogen-bond donors (Lipinski definition) is 1. The summed E-state index contributed by atoms with van der Waals surface area (Å²) in [5.74, 6) is 0.532. The van der Waals surface area contributed by atoms with Gasteiger partial charge in [0.25, 0.3) is 5.91 Å². The Bertz CT molecular complexity index is 1020. The third-order valence-corrected chi connectivity index (χ3v) is 6.02. The summed E-state index contributed by atoms with van der Waals surface area (Å²) in [7, 11) is 1.64. The minimum Gasteiger partial charge on any atom is -0.495 e. The van der Waals surface area contributed by atoms with Crippen LogP contribution in [0.15, 0.2) is 35.7 Å². The summed E-state index contributed by atoms with van der Waals surface area (Å²) < 4.78 is 13.0. The molecule has 0 aliphatic carbocycles. The second-order valence-electron chi connectivity index (χ2n) is 7.32. The third kappa shape index (κ3) is 4.40. The van der Waals surface area contributed by atoms with Crippen molar-refractivity contribution < 1.29 is 14.3 Å². The van der Waals surface area contributed by atoms with Gasteiger partial charge in [-0.2, -0.15) is 0 Å². The lowest BCUT2D eigenvalue weighted by atomic mass is 10.1. The number of methoxy groups -OCH3 is 1. The minimum atomic E-state index is -0.186. The topological polar surface area (TPSA) is 68.6 Å². The average Bonchev–Trinajstić information content (AvgIpc) is 3.33. The number of nitrogens with zero attached hydrogens (tertiary/aromatic N) is 3. The lowest BCUT2D eigenvalue weighted by Crippen LogP contribution is -2.35. The number of benzene rings is 1. The fourth-order valence-corrected chi connectivity index (χ4v) is 4.35. The van der Waals surface area contributed by atoms with Crippen molar-refractivity contribution in [3.8, 4) is 11.4 Å². The molecule has 0 unspecified atom stereocenters. The molecule has 3 aromatic rings. The van der Waals surface area contributed by atoms with Crippen LogP contribution in [0.2, 0.25) is 0 Å². The molecule has 1 fully saturated rings. The number of morpholine rings is 1. The number of hydrogen-bond acceptors (Lipinski definition) is 6. The van der Waals surface area contributed by atoms with Crippen LogP contribution in [0.4, 0.5) is 5.13 Å². The number of aromatic nitrogens is 2. The first-order chi connectivity index (χ1) is 14.5. The smallest absolute Gasteiger partial charge is 0.257 e. The number of nitrogens with one attached hydrogen (secondary N) is 1. The number of carbonyl (C=O) groups is 1. The molecular weight excluding hydrogens is 400 g/mol. The Hall–Kier alpha value is -2.68. The van der Waals surface area contributed by atoms with Crippen LogP contribution in [0.1, 0.15) is 27.4 Å². The van der Waals surface area contributed by atoms with Gasteiger partial charge in [0.05, 0.1) is 31.7 Å². The molecule has 1 amide bonds. The van der Waals surface area contributed by atoms with Gasteiger partial charge in [-0.3, -0.25) is 15.0 Å². The number of thiazole rings is 1. The molecule has 7 nitrogen and oxygen atoms in total. The first kappa shape index (κ1) is 20.6. The Morgan fingerprint density at radius 3 is 2.63 bits per heavy atom. The number of anilines is 1.